The first-order chi connectivity index (χ1) is 10.1. The van der Waals surface area contributed by atoms with Crippen LogP contribution in [0.25, 0.3) is 0 Å². The lowest BCUT2D eigenvalue weighted by atomic mass is 10.0. The van der Waals surface area contributed by atoms with E-state index in [9.17, 15) is 0 Å². The highest BCUT2D eigenvalue weighted by atomic mass is 32.2. The van der Waals surface area contributed by atoms with Crippen LogP contribution in [0, 0.1) is 6.92 Å². The number of hydrogen-bond donors (Lipinski definition) is 2. The summed E-state index contributed by atoms with van der Waals surface area (Å²) in [6.45, 7) is 5.82. The minimum atomic E-state index is 0.0160. The third-order valence-electron chi connectivity index (χ3n) is 2.96. The molecule has 2 aromatic rings. The SMILES string of the molecule is CCc1nnc(Sc2nc(C)co2)c(C(N)=NO)c1CC. The average Bonchev–Trinajstić information content (AvgIpc) is 2.90. The van der Waals surface area contributed by atoms with E-state index in [0.29, 0.717) is 22.2 Å². The van der Waals surface area contributed by atoms with Crippen molar-refractivity contribution in [3.63, 3.8) is 0 Å². The van der Waals surface area contributed by atoms with Gasteiger partial charge in [0.15, 0.2) is 5.84 Å². The van der Waals surface area contributed by atoms with Crippen molar-refractivity contribution in [2.24, 2.45) is 10.9 Å². The summed E-state index contributed by atoms with van der Waals surface area (Å²) in [6, 6.07) is 0. The first-order valence-electron chi connectivity index (χ1n) is 6.56. The Hall–Kier alpha value is -2.09. The van der Waals surface area contributed by atoms with E-state index in [2.05, 4.69) is 20.3 Å². The number of aryl methyl sites for hydroxylation is 2. The lowest BCUT2D eigenvalue weighted by Crippen LogP contribution is -2.20. The maximum Gasteiger partial charge on any atom is 0.262 e. The number of amidine groups is 1. The van der Waals surface area contributed by atoms with E-state index in [1.54, 1.807) is 6.26 Å². The molecule has 0 aliphatic rings. The highest BCUT2D eigenvalue weighted by Crippen LogP contribution is 2.30. The van der Waals surface area contributed by atoms with Crippen LogP contribution in [-0.2, 0) is 12.8 Å². The summed E-state index contributed by atoms with van der Waals surface area (Å²) in [5.41, 5.74) is 8.95. The van der Waals surface area contributed by atoms with Crippen LogP contribution in [0.4, 0.5) is 0 Å². The van der Waals surface area contributed by atoms with Crippen LogP contribution < -0.4 is 5.73 Å². The van der Waals surface area contributed by atoms with E-state index in [1.165, 1.54) is 11.8 Å². The summed E-state index contributed by atoms with van der Waals surface area (Å²) in [7, 11) is 0. The van der Waals surface area contributed by atoms with Gasteiger partial charge in [-0.1, -0.05) is 19.0 Å². The molecule has 0 saturated carbocycles. The van der Waals surface area contributed by atoms with Gasteiger partial charge in [0.2, 0.25) is 0 Å². The van der Waals surface area contributed by atoms with Crippen molar-refractivity contribution in [1.29, 1.82) is 0 Å². The molecule has 2 heterocycles. The van der Waals surface area contributed by atoms with E-state index >= 15 is 0 Å². The Morgan fingerprint density at radius 3 is 2.67 bits per heavy atom. The molecule has 7 nitrogen and oxygen atoms in total. The van der Waals surface area contributed by atoms with Crippen molar-refractivity contribution in [3.05, 3.63) is 28.8 Å². The van der Waals surface area contributed by atoms with Crippen molar-refractivity contribution in [2.45, 2.75) is 43.9 Å². The van der Waals surface area contributed by atoms with E-state index in [4.69, 9.17) is 15.4 Å². The number of oxazole rings is 1. The molecule has 0 amide bonds. The third-order valence-corrected chi connectivity index (χ3v) is 3.80. The second kappa shape index (κ2) is 6.57. The van der Waals surface area contributed by atoms with Crippen LogP contribution in [0.15, 0.2) is 26.1 Å². The van der Waals surface area contributed by atoms with Crippen LogP contribution in [0.2, 0.25) is 0 Å². The largest absolute Gasteiger partial charge is 0.439 e. The van der Waals surface area contributed by atoms with Gasteiger partial charge in [0.1, 0.15) is 11.3 Å². The Bertz CT molecular complexity index is 669. The molecule has 0 aliphatic carbocycles. The molecule has 0 spiro atoms. The highest BCUT2D eigenvalue weighted by Gasteiger charge is 2.20. The molecule has 8 heteroatoms. The lowest BCUT2D eigenvalue weighted by Gasteiger charge is -2.12. The van der Waals surface area contributed by atoms with Gasteiger partial charge in [-0.25, -0.2) is 4.98 Å². The van der Waals surface area contributed by atoms with E-state index in [1.807, 2.05) is 20.8 Å². The van der Waals surface area contributed by atoms with Gasteiger partial charge >= 0.3 is 0 Å². The smallest absolute Gasteiger partial charge is 0.262 e. The second-order valence-electron chi connectivity index (χ2n) is 4.35. The maximum absolute atomic E-state index is 9.03. The summed E-state index contributed by atoms with van der Waals surface area (Å²) in [4.78, 5) is 4.22. The molecule has 0 bridgehead atoms. The van der Waals surface area contributed by atoms with Gasteiger partial charge in [-0.05, 0) is 37.1 Å². The first kappa shape index (κ1) is 15.3. The van der Waals surface area contributed by atoms with E-state index in [0.717, 1.165) is 23.4 Å². The van der Waals surface area contributed by atoms with Crippen molar-refractivity contribution in [3.8, 4) is 0 Å². The van der Waals surface area contributed by atoms with Gasteiger partial charge in [-0.15, -0.1) is 5.10 Å². The summed E-state index contributed by atoms with van der Waals surface area (Å²) in [5.74, 6) is 0.0160. The molecule has 3 N–H and O–H groups in total. The molecule has 2 rings (SSSR count). The number of oxime groups is 1. The zero-order chi connectivity index (χ0) is 15.4. The number of rotatable bonds is 5. The van der Waals surface area contributed by atoms with Crippen LogP contribution in [-0.4, -0.2) is 26.2 Å². The molecule has 112 valence electrons. The molecule has 0 saturated heterocycles. The van der Waals surface area contributed by atoms with Crippen molar-refractivity contribution < 1.29 is 9.62 Å². The van der Waals surface area contributed by atoms with Crippen LogP contribution in [0.3, 0.4) is 0 Å². The predicted molar refractivity (Wildman–Crippen MR) is 78.7 cm³/mol. The molecule has 0 fully saturated rings. The molecule has 0 unspecified atom stereocenters. The highest BCUT2D eigenvalue weighted by molar-refractivity contribution is 7.99. The second-order valence-corrected chi connectivity index (χ2v) is 5.29. The van der Waals surface area contributed by atoms with Gasteiger partial charge < -0.3 is 15.4 Å². The van der Waals surface area contributed by atoms with Gasteiger partial charge in [0.25, 0.3) is 5.22 Å². The van der Waals surface area contributed by atoms with Crippen molar-refractivity contribution in [1.82, 2.24) is 15.2 Å². The molecule has 0 aromatic carbocycles. The molecular weight excluding hydrogens is 290 g/mol. The minimum Gasteiger partial charge on any atom is -0.439 e. The van der Waals surface area contributed by atoms with E-state index < -0.39 is 0 Å². The molecule has 2 aromatic heterocycles. The Morgan fingerprint density at radius 2 is 2.14 bits per heavy atom. The van der Waals surface area contributed by atoms with Crippen LogP contribution in [0.1, 0.15) is 36.4 Å². The first-order valence-corrected chi connectivity index (χ1v) is 7.38. The zero-order valence-electron chi connectivity index (χ0n) is 12.1. The van der Waals surface area contributed by atoms with Crippen LogP contribution >= 0.6 is 11.8 Å². The third kappa shape index (κ3) is 3.15. The van der Waals surface area contributed by atoms with Gasteiger partial charge in [-0.2, -0.15) is 5.10 Å². The standard InChI is InChI=1S/C13H17N5O2S/c1-4-8-9(5-2)16-17-12(10(8)11(14)18-19)21-13-15-7(3)6-20-13/h6,19H,4-5H2,1-3H3,(H2,14,18). The number of nitrogens with zero attached hydrogens (tertiary/aromatic N) is 4. The quantitative estimate of drug-likeness (QED) is 0.377. The fourth-order valence-corrected chi connectivity index (χ4v) is 2.86. The number of nitrogens with two attached hydrogens (primary N) is 1. The van der Waals surface area contributed by atoms with Gasteiger partial charge in [0, 0.05) is 0 Å². The summed E-state index contributed by atoms with van der Waals surface area (Å²) in [5, 5.41) is 21.5. The Labute approximate surface area is 126 Å². The minimum absolute atomic E-state index is 0.0160. The topological polar surface area (TPSA) is 110 Å². The van der Waals surface area contributed by atoms with Gasteiger partial charge in [-0.3, -0.25) is 0 Å². The lowest BCUT2D eigenvalue weighted by molar-refractivity contribution is 0.318. The summed E-state index contributed by atoms with van der Waals surface area (Å²) >= 11 is 1.20. The monoisotopic (exact) mass is 307 g/mol. The Balaban J connectivity index is 2.54. The summed E-state index contributed by atoms with van der Waals surface area (Å²) in [6.07, 6.45) is 2.99. The fraction of sp³-hybridized carbons (Fsp3) is 0.385. The molecule has 0 radical (unpaired) electrons. The zero-order valence-corrected chi connectivity index (χ0v) is 12.9. The van der Waals surface area contributed by atoms with Crippen molar-refractivity contribution >= 4 is 17.6 Å². The Kier molecular flexibility index (Phi) is 4.79. The number of hydrogen-bond acceptors (Lipinski definition) is 7. The van der Waals surface area contributed by atoms with Crippen LogP contribution in [0.5, 0.6) is 0 Å². The normalized spacial score (nSPS) is 11.9. The Morgan fingerprint density at radius 1 is 1.38 bits per heavy atom. The van der Waals surface area contributed by atoms with E-state index in [-0.39, 0.29) is 5.84 Å². The average molecular weight is 307 g/mol. The predicted octanol–water partition coefficient (Wildman–Crippen LogP) is 2.14. The molecule has 0 aliphatic heterocycles. The number of aromatic nitrogens is 3. The van der Waals surface area contributed by atoms with Gasteiger partial charge in [0.05, 0.1) is 17.0 Å². The van der Waals surface area contributed by atoms with Crippen molar-refractivity contribution in [2.75, 3.05) is 0 Å². The maximum atomic E-state index is 9.03. The molecule has 21 heavy (non-hydrogen) atoms. The summed E-state index contributed by atoms with van der Waals surface area (Å²) < 4.78 is 5.31. The fourth-order valence-electron chi connectivity index (χ4n) is 2.00. The molecular formula is C13H17N5O2S. The molecule has 0 atom stereocenters.